The third-order valence-corrected chi connectivity index (χ3v) is 2.88. The number of hydrogen-bond acceptors (Lipinski definition) is 2. The number of nitrogens with zero attached hydrogens (tertiary/aromatic N) is 3. The van der Waals surface area contributed by atoms with Crippen LogP contribution in [0.3, 0.4) is 0 Å². The molecule has 0 saturated carbocycles. The van der Waals surface area contributed by atoms with E-state index in [1.165, 1.54) is 29.1 Å². The zero-order chi connectivity index (χ0) is 14.1. The normalized spacial score (nSPS) is 10.7. The van der Waals surface area contributed by atoms with Crippen molar-refractivity contribution in [1.29, 1.82) is 0 Å². The van der Waals surface area contributed by atoms with Crippen molar-refractivity contribution in [2.45, 2.75) is 0 Å². The van der Waals surface area contributed by atoms with Gasteiger partial charge in [-0.25, -0.2) is 8.78 Å². The Kier molecular flexibility index (Phi) is 3.11. The van der Waals surface area contributed by atoms with Crippen LogP contribution in [0.1, 0.15) is 0 Å². The van der Waals surface area contributed by atoms with Crippen molar-refractivity contribution in [3.63, 3.8) is 0 Å². The van der Waals surface area contributed by atoms with Gasteiger partial charge in [0.25, 0.3) is 0 Å². The first-order valence-electron chi connectivity index (χ1n) is 5.77. The summed E-state index contributed by atoms with van der Waals surface area (Å²) >= 11 is 5.02. The van der Waals surface area contributed by atoms with Gasteiger partial charge in [0.1, 0.15) is 17.3 Å². The lowest BCUT2D eigenvalue weighted by molar-refractivity contribution is -0.735. The van der Waals surface area contributed by atoms with Crippen molar-refractivity contribution in [2.75, 3.05) is 0 Å². The fourth-order valence-corrected chi connectivity index (χ4v) is 1.96. The molecule has 0 unspecified atom stereocenters. The smallest absolute Gasteiger partial charge is 0.207 e. The quantitative estimate of drug-likeness (QED) is 0.582. The first kappa shape index (κ1) is 12.6. The summed E-state index contributed by atoms with van der Waals surface area (Å²) in [5.41, 5.74) is 1.28. The summed E-state index contributed by atoms with van der Waals surface area (Å²) in [4.78, 5) is 3.03. The topological polar surface area (TPSA) is 37.5 Å². The van der Waals surface area contributed by atoms with Crippen LogP contribution < -0.4 is 4.80 Å². The highest BCUT2D eigenvalue weighted by atomic mass is 32.1. The fraction of sp³-hybridized carbons (Fsp3) is 0. The maximum Gasteiger partial charge on any atom is 0.345 e. The van der Waals surface area contributed by atoms with Crippen molar-refractivity contribution in [3.8, 4) is 11.4 Å². The van der Waals surface area contributed by atoms with Gasteiger partial charge in [-0.15, -0.1) is 5.10 Å². The number of halogens is 2. The standard InChI is InChI=1S/C13H8F2N4S/c14-9-1-5-11(6-2-9)18-16-13(20)17-19(18)12-7-3-10(15)4-8-12/h1-8H/p+1. The van der Waals surface area contributed by atoms with Crippen LogP contribution in [-0.2, 0) is 0 Å². The van der Waals surface area contributed by atoms with Gasteiger partial charge < -0.3 is 0 Å². The molecule has 0 spiro atoms. The molecule has 0 amide bonds. The maximum atomic E-state index is 13.0. The van der Waals surface area contributed by atoms with Crippen LogP contribution in [0.25, 0.3) is 11.4 Å². The lowest BCUT2D eigenvalue weighted by Gasteiger charge is -2.01. The van der Waals surface area contributed by atoms with E-state index in [2.05, 4.69) is 10.2 Å². The molecule has 1 N–H and O–H groups in total. The highest BCUT2D eigenvalue weighted by molar-refractivity contribution is 7.71. The molecular formula is C13H9F2N4S+. The average Bonchev–Trinajstić information content (AvgIpc) is 2.82. The van der Waals surface area contributed by atoms with E-state index >= 15 is 0 Å². The molecule has 0 saturated heterocycles. The number of nitrogens with one attached hydrogen (secondary N) is 1. The maximum absolute atomic E-state index is 13.0. The molecule has 4 nitrogen and oxygen atoms in total. The van der Waals surface area contributed by atoms with E-state index in [0.29, 0.717) is 11.4 Å². The van der Waals surface area contributed by atoms with Gasteiger partial charge in [0.2, 0.25) is 0 Å². The summed E-state index contributed by atoms with van der Waals surface area (Å²) in [5, 5.41) is 6.99. The Labute approximate surface area is 117 Å². The summed E-state index contributed by atoms with van der Waals surface area (Å²) < 4.78 is 26.2. The Morgan fingerprint density at radius 1 is 0.950 bits per heavy atom. The molecule has 1 aromatic heterocycles. The zero-order valence-electron chi connectivity index (χ0n) is 10.1. The van der Waals surface area contributed by atoms with Crippen LogP contribution in [0.2, 0.25) is 0 Å². The van der Waals surface area contributed by atoms with Crippen LogP contribution in [0, 0.1) is 16.4 Å². The van der Waals surface area contributed by atoms with Gasteiger partial charge in [-0.05, 0) is 70.3 Å². The summed E-state index contributed by atoms with van der Waals surface area (Å²) in [6.45, 7) is 0. The van der Waals surface area contributed by atoms with Gasteiger partial charge in [0, 0.05) is 5.10 Å². The van der Waals surface area contributed by atoms with E-state index in [-0.39, 0.29) is 16.4 Å². The van der Waals surface area contributed by atoms with E-state index < -0.39 is 0 Å². The second kappa shape index (κ2) is 4.93. The van der Waals surface area contributed by atoms with E-state index in [1.807, 2.05) is 0 Å². The SMILES string of the molecule is Fc1ccc(-n2[nH]c(=S)n[n+]2-c2ccc(F)cc2)cc1. The van der Waals surface area contributed by atoms with Gasteiger partial charge in [-0.2, -0.15) is 0 Å². The van der Waals surface area contributed by atoms with Crippen molar-refractivity contribution in [1.82, 2.24) is 15.0 Å². The fourth-order valence-electron chi connectivity index (χ4n) is 1.79. The molecule has 3 rings (SSSR count). The summed E-state index contributed by atoms with van der Waals surface area (Å²) in [6.07, 6.45) is 0. The molecule has 0 aliphatic rings. The number of rotatable bonds is 2. The molecule has 0 aliphatic heterocycles. The number of aromatic amines is 1. The minimum atomic E-state index is -0.336. The lowest BCUT2D eigenvalue weighted by Crippen LogP contribution is -2.43. The lowest BCUT2D eigenvalue weighted by atomic mass is 10.3. The summed E-state index contributed by atoms with van der Waals surface area (Å²) in [6, 6.07) is 11.6. The van der Waals surface area contributed by atoms with Gasteiger partial charge in [-0.3, -0.25) is 0 Å². The first-order valence-corrected chi connectivity index (χ1v) is 6.18. The van der Waals surface area contributed by atoms with Crippen molar-refractivity contribution >= 4 is 12.2 Å². The van der Waals surface area contributed by atoms with E-state index in [9.17, 15) is 8.78 Å². The molecule has 1 heterocycles. The van der Waals surface area contributed by atoms with Gasteiger partial charge in [-0.1, -0.05) is 0 Å². The number of hydrogen-bond donors (Lipinski definition) is 1. The second-order valence-electron chi connectivity index (χ2n) is 4.07. The molecule has 100 valence electrons. The van der Waals surface area contributed by atoms with Crippen LogP contribution in [-0.4, -0.2) is 15.0 Å². The summed E-state index contributed by atoms with van der Waals surface area (Å²) in [5.74, 6) is -0.669. The second-order valence-corrected chi connectivity index (χ2v) is 4.46. The average molecular weight is 291 g/mol. The Bertz CT molecular complexity index is 724. The zero-order valence-corrected chi connectivity index (χ0v) is 10.9. The molecule has 3 aromatic rings. The van der Waals surface area contributed by atoms with Gasteiger partial charge in [0.15, 0.2) is 5.69 Å². The largest absolute Gasteiger partial charge is 0.345 e. The highest BCUT2D eigenvalue weighted by Gasteiger charge is 2.15. The number of benzene rings is 2. The predicted octanol–water partition coefficient (Wildman–Crippen LogP) is 2.48. The number of H-pyrrole nitrogens is 1. The van der Waals surface area contributed by atoms with E-state index in [0.717, 1.165) is 0 Å². The van der Waals surface area contributed by atoms with Crippen LogP contribution >= 0.6 is 12.2 Å². The van der Waals surface area contributed by atoms with Crippen molar-refractivity contribution in [2.24, 2.45) is 0 Å². The molecule has 7 heteroatoms. The van der Waals surface area contributed by atoms with Crippen LogP contribution in [0.4, 0.5) is 8.78 Å². The molecule has 0 bridgehead atoms. The molecule has 0 fully saturated rings. The van der Waals surface area contributed by atoms with E-state index in [1.54, 1.807) is 29.1 Å². The van der Waals surface area contributed by atoms with Crippen molar-refractivity contribution < 1.29 is 13.6 Å². The molecule has 0 radical (unpaired) electrons. The third-order valence-electron chi connectivity index (χ3n) is 2.71. The van der Waals surface area contributed by atoms with E-state index in [4.69, 9.17) is 12.2 Å². The monoisotopic (exact) mass is 291 g/mol. The van der Waals surface area contributed by atoms with Gasteiger partial charge >= 0.3 is 4.77 Å². The Hall–Kier alpha value is -2.41. The highest BCUT2D eigenvalue weighted by Crippen LogP contribution is 2.07. The Morgan fingerprint density at radius 2 is 1.50 bits per heavy atom. The first-order chi connectivity index (χ1) is 9.63. The van der Waals surface area contributed by atoms with Crippen molar-refractivity contribution in [3.05, 3.63) is 64.9 Å². The third kappa shape index (κ3) is 2.35. The van der Waals surface area contributed by atoms with Gasteiger partial charge in [0.05, 0.1) is 0 Å². The van der Waals surface area contributed by atoms with Crippen LogP contribution in [0.15, 0.2) is 48.5 Å². The summed E-state index contributed by atoms with van der Waals surface area (Å²) in [7, 11) is 0. The minimum absolute atomic E-state index is 0.263. The Balaban J connectivity index is 2.15. The van der Waals surface area contributed by atoms with Crippen LogP contribution in [0.5, 0.6) is 0 Å². The number of tetrazole rings is 1. The molecule has 0 aliphatic carbocycles. The molecular weight excluding hydrogens is 282 g/mol. The minimum Gasteiger partial charge on any atom is -0.207 e. The molecule has 0 atom stereocenters. The Morgan fingerprint density at radius 3 is 2.10 bits per heavy atom. The molecule has 2 aromatic carbocycles. The number of aromatic nitrogens is 4. The predicted molar refractivity (Wildman–Crippen MR) is 70.2 cm³/mol. The molecule has 20 heavy (non-hydrogen) atoms.